The standard InChI is InChI=1S/2C18H22O5S.Ca/c2*1-2-3-4-5-8-14-11-12-15(24(20,21)22)13-18(14)23-17-10-7-6-9-16(17)19;/h2*6-7,9-13,19H,2-5,8H2,1H3,(H,20,21,22);/q;;+2/p-2. The summed E-state index contributed by atoms with van der Waals surface area (Å²) in [6, 6.07) is 21.0. The molecule has 260 valence electrons. The summed E-state index contributed by atoms with van der Waals surface area (Å²) in [5.74, 6) is 0.568. The number of para-hydroxylation sites is 4. The van der Waals surface area contributed by atoms with E-state index in [1.807, 2.05) is 0 Å². The van der Waals surface area contributed by atoms with E-state index in [1.54, 1.807) is 42.5 Å². The van der Waals surface area contributed by atoms with Gasteiger partial charge < -0.3 is 24.2 Å². The molecule has 0 radical (unpaired) electrons. The quantitative estimate of drug-likeness (QED) is 0.0657. The number of ether oxygens (including phenoxy) is 2. The smallest absolute Gasteiger partial charge is 0.870 e. The van der Waals surface area contributed by atoms with Crippen molar-refractivity contribution in [1.29, 1.82) is 0 Å². The molecule has 2 N–H and O–H groups in total. The van der Waals surface area contributed by atoms with Crippen LogP contribution in [0.4, 0.5) is 0 Å². The summed E-state index contributed by atoms with van der Waals surface area (Å²) >= 11 is 0. The van der Waals surface area contributed by atoms with Gasteiger partial charge in [-0.1, -0.05) is 101 Å². The molecule has 0 aromatic heterocycles. The Kier molecular flexibility index (Phi) is 17.9. The average Bonchev–Trinajstić information content (AvgIpc) is 3.04. The van der Waals surface area contributed by atoms with E-state index in [-0.39, 0.29) is 76.3 Å². The molecule has 0 atom stereocenters. The summed E-state index contributed by atoms with van der Waals surface area (Å²) in [4.78, 5) is -0.594. The number of aromatic hydroxyl groups is 1. The van der Waals surface area contributed by atoms with E-state index in [9.17, 15) is 36.2 Å². The Morgan fingerprint density at radius 1 is 0.612 bits per heavy atom. The first-order chi connectivity index (χ1) is 22.8. The van der Waals surface area contributed by atoms with Gasteiger partial charge in [-0.2, -0.15) is 8.42 Å². The number of unbranched alkanes of at least 4 members (excludes halogenated alkanes) is 6. The maximum Gasteiger partial charge on any atom is 2.00 e. The number of phenolic OH excluding ortho intramolecular Hbond substituents is 1. The van der Waals surface area contributed by atoms with Crippen molar-refractivity contribution in [3.05, 3.63) is 96.1 Å². The zero-order valence-corrected chi connectivity index (χ0v) is 31.7. The Labute approximate surface area is 319 Å². The van der Waals surface area contributed by atoms with Gasteiger partial charge in [0.15, 0.2) is 11.5 Å². The molecule has 0 heterocycles. The van der Waals surface area contributed by atoms with Crippen molar-refractivity contribution in [3.63, 3.8) is 0 Å². The SMILES string of the molecule is CCCCCCc1ccc(S(=O)(=O)O)cc1Oc1ccccc1O.CCCCCCc1ccc(S(=O)(=O)[O-])cc1Oc1ccccc1[O-].[Ca+2]. The molecule has 0 unspecified atom stereocenters. The fourth-order valence-corrected chi connectivity index (χ4v) is 5.77. The number of phenols is 1. The van der Waals surface area contributed by atoms with E-state index in [0.717, 1.165) is 68.9 Å². The van der Waals surface area contributed by atoms with Gasteiger partial charge in [0, 0.05) is 6.07 Å². The normalized spacial score (nSPS) is 11.2. The molecule has 0 saturated carbocycles. The van der Waals surface area contributed by atoms with Crippen LogP contribution in [-0.2, 0) is 33.1 Å². The van der Waals surface area contributed by atoms with Crippen LogP contribution in [0.5, 0.6) is 34.5 Å². The third kappa shape index (κ3) is 14.1. The van der Waals surface area contributed by atoms with Crippen LogP contribution in [0.1, 0.15) is 76.3 Å². The minimum atomic E-state index is -4.58. The van der Waals surface area contributed by atoms with Gasteiger partial charge in [-0.3, -0.25) is 4.55 Å². The molecule has 13 heteroatoms. The van der Waals surface area contributed by atoms with Crippen molar-refractivity contribution in [2.24, 2.45) is 0 Å². The second-order valence-electron chi connectivity index (χ2n) is 11.2. The zero-order valence-electron chi connectivity index (χ0n) is 27.8. The molecule has 4 rings (SSSR count). The molecular formula is C36H42CaO10S2. The molecule has 4 aromatic rings. The minimum Gasteiger partial charge on any atom is -0.870 e. The van der Waals surface area contributed by atoms with Gasteiger partial charge in [-0.05, 0) is 73.2 Å². The molecule has 0 saturated heterocycles. The van der Waals surface area contributed by atoms with Crippen molar-refractivity contribution in [2.45, 2.75) is 87.8 Å². The second kappa shape index (κ2) is 20.7. The topological polar surface area (TPSA) is 173 Å². The molecule has 0 fully saturated rings. The van der Waals surface area contributed by atoms with Gasteiger partial charge in [-0.25, -0.2) is 8.42 Å². The summed E-state index contributed by atoms with van der Waals surface area (Å²) in [6.45, 7) is 4.25. The molecule has 0 bridgehead atoms. The fraction of sp³-hybridized carbons (Fsp3) is 0.333. The van der Waals surface area contributed by atoms with E-state index in [2.05, 4.69) is 13.8 Å². The predicted molar refractivity (Wildman–Crippen MR) is 186 cm³/mol. The molecule has 4 aromatic carbocycles. The summed E-state index contributed by atoms with van der Waals surface area (Å²) in [5, 5.41) is 21.7. The first-order valence-corrected chi connectivity index (χ1v) is 18.8. The Balaban J connectivity index is 0.000000333. The Morgan fingerprint density at radius 3 is 1.57 bits per heavy atom. The van der Waals surface area contributed by atoms with Crippen LogP contribution in [0.25, 0.3) is 0 Å². The largest absolute Gasteiger partial charge is 2.00 e. The van der Waals surface area contributed by atoms with Gasteiger partial charge in [0.25, 0.3) is 10.1 Å². The number of hydrogen-bond donors (Lipinski definition) is 2. The fourth-order valence-electron chi connectivity index (χ4n) is 4.79. The van der Waals surface area contributed by atoms with E-state index in [1.165, 1.54) is 42.5 Å². The van der Waals surface area contributed by atoms with Gasteiger partial charge in [0.2, 0.25) is 0 Å². The minimum absolute atomic E-state index is 0. The molecule has 49 heavy (non-hydrogen) atoms. The maximum atomic E-state index is 11.8. The molecule has 0 aliphatic heterocycles. The Hall–Kier alpha value is -2.84. The van der Waals surface area contributed by atoms with Crippen LogP contribution in [0, 0.1) is 0 Å². The monoisotopic (exact) mass is 738 g/mol. The number of rotatable bonds is 16. The molecule has 0 spiro atoms. The van der Waals surface area contributed by atoms with E-state index < -0.39 is 20.2 Å². The molecule has 0 amide bonds. The van der Waals surface area contributed by atoms with E-state index in [0.29, 0.717) is 12.2 Å². The molecular weight excluding hydrogens is 697 g/mol. The van der Waals surface area contributed by atoms with E-state index >= 15 is 0 Å². The number of benzene rings is 4. The maximum absolute atomic E-state index is 11.8. The summed E-state index contributed by atoms with van der Waals surface area (Å²) in [7, 11) is -8.90. The van der Waals surface area contributed by atoms with E-state index in [4.69, 9.17) is 9.47 Å². The van der Waals surface area contributed by atoms with Crippen molar-refractivity contribution in [2.75, 3.05) is 0 Å². The number of hydrogen-bond acceptors (Lipinski definition) is 9. The number of aryl methyl sites for hydroxylation is 2. The van der Waals surface area contributed by atoms with Crippen LogP contribution in [-0.4, -0.2) is 68.8 Å². The van der Waals surface area contributed by atoms with Gasteiger partial charge >= 0.3 is 37.7 Å². The van der Waals surface area contributed by atoms with Crippen LogP contribution in [0.2, 0.25) is 0 Å². The average molecular weight is 739 g/mol. The van der Waals surface area contributed by atoms with Crippen LogP contribution in [0.3, 0.4) is 0 Å². The summed E-state index contributed by atoms with van der Waals surface area (Å²) < 4.78 is 77.0. The second-order valence-corrected chi connectivity index (χ2v) is 14.0. The molecule has 0 aliphatic carbocycles. The first kappa shape index (κ1) is 42.3. The third-order valence-electron chi connectivity index (χ3n) is 7.42. The molecule has 0 aliphatic rings. The van der Waals surface area contributed by atoms with Crippen LogP contribution in [0.15, 0.2) is 94.7 Å². The van der Waals surface area contributed by atoms with Crippen LogP contribution < -0.4 is 14.6 Å². The van der Waals surface area contributed by atoms with Gasteiger partial charge in [0.1, 0.15) is 27.4 Å². The Morgan fingerprint density at radius 2 is 1.08 bits per heavy atom. The van der Waals surface area contributed by atoms with Gasteiger partial charge in [0.05, 0.1) is 9.79 Å². The zero-order chi connectivity index (χ0) is 35.2. The first-order valence-electron chi connectivity index (χ1n) is 15.9. The molecule has 10 nitrogen and oxygen atoms in total. The van der Waals surface area contributed by atoms with Crippen molar-refractivity contribution >= 4 is 58.0 Å². The predicted octanol–water partition coefficient (Wildman–Crippen LogP) is 7.75. The Bertz CT molecular complexity index is 1710. The van der Waals surface area contributed by atoms with Crippen LogP contribution >= 0.6 is 0 Å². The summed E-state index contributed by atoms with van der Waals surface area (Å²) in [5.41, 5.74) is 1.61. The van der Waals surface area contributed by atoms with Crippen molar-refractivity contribution in [3.8, 4) is 34.5 Å². The van der Waals surface area contributed by atoms with Crippen molar-refractivity contribution in [1.82, 2.24) is 0 Å². The van der Waals surface area contributed by atoms with Crippen molar-refractivity contribution < 1.29 is 45.6 Å². The summed E-state index contributed by atoms with van der Waals surface area (Å²) in [6.07, 6.45) is 9.92. The third-order valence-corrected chi connectivity index (χ3v) is 9.10. The van der Waals surface area contributed by atoms with Gasteiger partial charge in [-0.15, -0.1) is 0 Å².